The number of thiophene rings is 1. The van der Waals surface area contributed by atoms with Crippen molar-refractivity contribution in [1.82, 2.24) is 15.0 Å². The van der Waals surface area contributed by atoms with Crippen molar-refractivity contribution in [3.63, 3.8) is 0 Å². The highest BCUT2D eigenvalue weighted by atomic mass is 32.2. The van der Waals surface area contributed by atoms with Gasteiger partial charge in [-0.25, -0.2) is 4.98 Å². The van der Waals surface area contributed by atoms with E-state index in [1.54, 1.807) is 29.9 Å². The molecule has 0 aliphatic carbocycles. The Bertz CT molecular complexity index is 1020. The lowest BCUT2D eigenvalue weighted by Crippen LogP contribution is -2.01. The number of nitrogens with one attached hydrogen (secondary N) is 1. The summed E-state index contributed by atoms with van der Waals surface area (Å²) in [5.41, 5.74) is 2.99. The fourth-order valence-corrected chi connectivity index (χ4v) is 5.12. The maximum atomic E-state index is 13.0. The molecule has 0 amide bonds. The highest BCUT2D eigenvalue weighted by molar-refractivity contribution is 7.84. The van der Waals surface area contributed by atoms with Crippen molar-refractivity contribution in [3.8, 4) is 11.4 Å². The summed E-state index contributed by atoms with van der Waals surface area (Å²) < 4.78 is 14.1. The predicted octanol–water partition coefficient (Wildman–Crippen LogP) is 4.30. The number of aromatic nitrogens is 3. The lowest BCUT2D eigenvalue weighted by atomic mass is 10.2. The first-order chi connectivity index (χ1) is 11.7. The molecule has 6 heteroatoms. The molecule has 120 valence electrons. The molecule has 3 heterocycles. The zero-order valence-corrected chi connectivity index (χ0v) is 14.7. The minimum Gasteiger partial charge on any atom is -0.345 e. The molecule has 0 saturated carbocycles. The van der Waals surface area contributed by atoms with E-state index in [0.717, 1.165) is 26.7 Å². The standard InChI is InChI=1S/C18H15N3OS2/c1-12-10-23-17-13(12)6-7-19-15(17)11-24(22)16-5-3-2-4-14(16)18-20-8-9-21-18/h2-10H,11H2,1H3,(H,20,21). The number of benzene rings is 1. The molecular formula is C18H15N3OS2. The Labute approximate surface area is 146 Å². The number of imidazole rings is 1. The van der Waals surface area contributed by atoms with E-state index in [2.05, 4.69) is 27.3 Å². The third-order valence-electron chi connectivity index (χ3n) is 3.91. The van der Waals surface area contributed by atoms with Gasteiger partial charge in [-0.05, 0) is 35.4 Å². The molecule has 0 aliphatic rings. The van der Waals surface area contributed by atoms with Crippen molar-refractivity contribution in [3.05, 3.63) is 65.6 Å². The van der Waals surface area contributed by atoms with Crippen molar-refractivity contribution in [1.29, 1.82) is 0 Å². The van der Waals surface area contributed by atoms with Gasteiger partial charge in [-0.15, -0.1) is 11.3 Å². The molecule has 1 N–H and O–H groups in total. The highest BCUT2D eigenvalue weighted by Gasteiger charge is 2.16. The molecule has 0 saturated heterocycles. The van der Waals surface area contributed by atoms with Crippen LogP contribution in [-0.2, 0) is 16.6 Å². The Kier molecular flexibility index (Phi) is 4.00. The van der Waals surface area contributed by atoms with Gasteiger partial charge in [0, 0.05) is 24.2 Å². The van der Waals surface area contributed by atoms with Gasteiger partial charge in [0.2, 0.25) is 0 Å². The summed E-state index contributed by atoms with van der Waals surface area (Å²) in [4.78, 5) is 12.6. The first-order valence-electron chi connectivity index (χ1n) is 7.53. The molecule has 0 bridgehead atoms. The zero-order chi connectivity index (χ0) is 16.5. The summed E-state index contributed by atoms with van der Waals surface area (Å²) in [5.74, 6) is 1.13. The topological polar surface area (TPSA) is 58.6 Å². The van der Waals surface area contributed by atoms with E-state index in [1.165, 1.54) is 10.9 Å². The van der Waals surface area contributed by atoms with E-state index in [-0.39, 0.29) is 0 Å². The van der Waals surface area contributed by atoms with Crippen LogP contribution in [0.5, 0.6) is 0 Å². The SMILES string of the molecule is Cc1csc2c(CS(=O)c3ccccc3-c3ncc[nH]3)nccc12. The van der Waals surface area contributed by atoms with Crippen LogP contribution < -0.4 is 0 Å². The van der Waals surface area contributed by atoms with Gasteiger partial charge in [0.15, 0.2) is 0 Å². The van der Waals surface area contributed by atoms with Crippen LogP contribution in [0.25, 0.3) is 21.5 Å². The van der Waals surface area contributed by atoms with E-state index >= 15 is 0 Å². The maximum Gasteiger partial charge on any atom is 0.138 e. The fourth-order valence-electron chi connectivity index (χ4n) is 2.72. The van der Waals surface area contributed by atoms with E-state index in [9.17, 15) is 4.21 Å². The number of fused-ring (bicyclic) bond motifs is 1. The normalized spacial score (nSPS) is 12.5. The van der Waals surface area contributed by atoms with Crippen molar-refractivity contribution in [2.45, 2.75) is 17.6 Å². The Morgan fingerprint density at radius 1 is 1.17 bits per heavy atom. The monoisotopic (exact) mass is 353 g/mol. The lowest BCUT2D eigenvalue weighted by Gasteiger charge is -2.08. The summed E-state index contributed by atoms with van der Waals surface area (Å²) in [6, 6.07) is 9.69. The average Bonchev–Trinajstić information content (AvgIpc) is 3.26. The number of nitrogens with zero attached hydrogens (tertiary/aromatic N) is 2. The minimum atomic E-state index is -1.19. The molecule has 0 radical (unpaired) electrons. The molecule has 1 aromatic carbocycles. The van der Waals surface area contributed by atoms with E-state index in [1.807, 2.05) is 30.3 Å². The summed E-state index contributed by atoms with van der Waals surface area (Å²) >= 11 is 1.66. The quantitative estimate of drug-likeness (QED) is 0.595. The number of hydrogen-bond acceptors (Lipinski definition) is 4. The van der Waals surface area contributed by atoms with Gasteiger partial charge in [0.1, 0.15) is 5.82 Å². The average molecular weight is 353 g/mol. The van der Waals surface area contributed by atoms with Gasteiger partial charge in [-0.2, -0.15) is 0 Å². The van der Waals surface area contributed by atoms with Gasteiger partial charge >= 0.3 is 0 Å². The molecular weight excluding hydrogens is 338 g/mol. The maximum absolute atomic E-state index is 13.0. The van der Waals surface area contributed by atoms with Crippen molar-refractivity contribution >= 4 is 32.2 Å². The molecule has 24 heavy (non-hydrogen) atoms. The smallest absolute Gasteiger partial charge is 0.138 e. The first-order valence-corrected chi connectivity index (χ1v) is 9.73. The number of H-pyrrole nitrogens is 1. The van der Waals surface area contributed by atoms with Crippen molar-refractivity contribution in [2.75, 3.05) is 0 Å². The van der Waals surface area contributed by atoms with Gasteiger partial charge in [-0.3, -0.25) is 9.19 Å². The van der Waals surface area contributed by atoms with Gasteiger partial charge in [-0.1, -0.05) is 18.2 Å². The highest BCUT2D eigenvalue weighted by Crippen LogP contribution is 2.30. The van der Waals surface area contributed by atoms with Crippen LogP contribution in [0.15, 0.2) is 59.2 Å². The molecule has 4 nitrogen and oxygen atoms in total. The second-order valence-corrected chi connectivity index (χ2v) is 7.78. The van der Waals surface area contributed by atoms with Crippen LogP contribution in [-0.4, -0.2) is 19.2 Å². The van der Waals surface area contributed by atoms with Crippen LogP contribution in [0.2, 0.25) is 0 Å². The summed E-state index contributed by atoms with van der Waals surface area (Å²) in [7, 11) is -1.19. The molecule has 3 aromatic heterocycles. The Balaban J connectivity index is 1.73. The lowest BCUT2D eigenvalue weighted by molar-refractivity contribution is 0.682. The summed E-state index contributed by atoms with van der Waals surface area (Å²) in [6.45, 7) is 2.09. The molecule has 0 fully saturated rings. The first kappa shape index (κ1) is 15.2. The third kappa shape index (κ3) is 2.68. The van der Waals surface area contributed by atoms with Crippen LogP contribution in [0.3, 0.4) is 0 Å². The van der Waals surface area contributed by atoms with Crippen LogP contribution in [0.4, 0.5) is 0 Å². The van der Waals surface area contributed by atoms with Crippen molar-refractivity contribution < 1.29 is 4.21 Å². The van der Waals surface area contributed by atoms with Gasteiger partial charge in [0.25, 0.3) is 0 Å². The van der Waals surface area contributed by atoms with Crippen LogP contribution in [0, 0.1) is 6.92 Å². The Morgan fingerprint density at radius 3 is 2.88 bits per heavy atom. The second kappa shape index (κ2) is 6.30. The van der Waals surface area contributed by atoms with Gasteiger partial charge < -0.3 is 4.98 Å². The molecule has 1 unspecified atom stereocenters. The molecule has 0 aliphatic heterocycles. The predicted molar refractivity (Wildman–Crippen MR) is 98.5 cm³/mol. The number of pyridine rings is 1. The number of rotatable bonds is 4. The van der Waals surface area contributed by atoms with E-state index < -0.39 is 10.8 Å². The van der Waals surface area contributed by atoms with Crippen LogP contribution in [0.1, 0.15) is 11.3 Å². The Hall–Kier alpha value is -2.31. The minimum absolute atomic E-state index is 0.398. The summed E-state index contributed by atoms with van der Waals surface area (Å²) in [5, 5.41) is 3.32. The van der Waals surface area contributed by atoms with Crippen molar-refractivity contribution in [2.24, 2.45) is 0 Å². The van der Waals surface area contributed by atoms with Crippen LogP contribution >= 0.6 is 11.3 Å². The Morgan fingerprint density at radius 2 is 2.04 bits per heavy atom. The number of aryl methyl sites for hydroxylation is 1. The summed E-state index contributed by atoms with van der Waals surface area (Å²) in [6.07, 6.45) is 5.27. The molecule has 4 aromatic rings. The van der Waals surface area contributed by atoms with E-state index in [0.29, 0.717) is 5.75 Å². The number of hydrogen-bond donors (Lipinski definition) is 1. The molecule has 4 rings (SSSR count). The fraction of sp³-hybridized carbons (Fsp3) is 0.111. The zero-order valence-electron chi connectivity index (χ0n) is 13.0. The molecule has 1 atom stereocenters. The largest absolute Gasteiger partial charge is 0.345 e. The second-order valence-electron chi connectivity index (χ2n) is 5.48. The van der Waals surface area contributed by atoms with E-state index in [4.69, 9.17) is 0 Å². The number of aromatic amines is 1. The molecule has 0 spiro atoms. The van der Waals surface area contributed by atoms with Gasteiger partial charge in [0.05, 0.1) is 31.8 Å². The third-order valence-corrected chi connectivity index (χ3v) is 6.46.